The van der Waals surface area contributed by atoms with Crippen LogP contribution < -0.4 is 20.9 Å². The van der Waals surface area contributed by atoms with Crippen molar-refractivity contribution in [2.75, 3.05) is 13.1 Å². The van der Waals surface area contributed by atoms with Crippen molar-refractivity contribution in [1.29, 1.82) is 0 Å². The van der Waals surface area contributed by atoms with Crippen LogP contribution in [0.5, 0.6) is 5.88 Å². The van der Waals surface area contributed by atoms with Crippen molar-refractivity contribution in [1.82, 2.24) is 26.1 Å². The molecule has 0 spiro atoms. The fraction of sp³-hybridized carbons (Fsp3) is 0.316. The molecule has 3 heterocycles. The van der Waals surface area contributed by atoms with Crippen LogP contribution in [0.25, 0.3) is 10.8 Å². The van der Waals surface area contributed by atoms with Gasteiger partial charge < -0.3 is 15.0 Å². The maximum atomic E-state index is 11.9. The number of aromatic nitrogens is 1. The predicted octanol–water partition coefficient (Wildman–Crippen LogP) is 1.46. The average Bonchev–Trinajstić information content (AvgIpc) is 3.27. The van der Waals surface area contributed by atoms with E-state index >= 15 is 0 Å². The van der Waals surface area contributed by atoms with Gasteiger partial charge in [0.1, 0.15) is 12.3 Å². The van der Waals surface area contributed by atoms with Gasteiger partial charge in [0.2, 0.25) is 11.8 Å². The van der Waals surface area contributed by atoms with Gasteiger partial charge in [0, 0.05) is 17.8 Å². The van der Waals surface area contributed by atoms with Gasteiger partial charge in [-0.15, -0.1) is 0 Å². The Labute approximate surface area is 156 Å². The molecule has 2 saturated heterocycles. The number of pyridine rings is 1. The van der Waals surface area contributed by atoms with Crippen molar-refractivity contribution < 1.29 is 14.3 Å². The van der Waals surface area contributed by atoms with E-state index in [0.29, 0.717) is 24.7 Å². The first-order chi connectivity index (χ1) is 13.0. The minimum atomic E-state index is -0.440. The predicted molar refractivity (Wildman–Crippen MR) is 99.6 cm³/mol. The molecule has 0 aliphatic carbocycles. The van der Waals surface area contributed by atoms with E-state index in [1.807, 2.05) is 30.3 Å². The van der Waals surface area contributed by atoms with E-state index in [1.54, 1.807) is 4.90 Å². The van der Waals surface area contributed by atoms with Crippen LogP contribution in [-0.2, 0) is 4.79 Å². The van der Waals surface area contributed by atoms with Crippen molar-refractivity contribution in [3.63, 3.8) is 0 Å². The van der Waals surface area contributed by atoms with E-state index in [9.17, 15) is 9.59 Å². The molecule has 2 aliphatic rings. The van der Waals surface area contributed by atoms with Crippen LogP contribution in [0, 0.1) is 5.92 Å². The highest BCUT2D eigenvalue weighted by molar-refractivity contribution is 5.88. The van der Waals surface area contributed by atoms with Gasteiger partial charge in [0.15, 0.2) is 0 Å². The average molecular weight is 367 g/mol. The Hall–Kier alpha value is -3.13. The van der Waals surface area contributed by atoms with Crippen molar-refractivity contribution in [2.45, 2.75) is 19.2 Å². The number of hydrogen-bond donors (Lipinski definition) is 3. The van der Waals surface area contributed by atoms with Gasteiger partial charge in [0.25, 0.3) is 0 Å². The number of hydrogen-bond acceptors (Lipinski definition) is 5. The summed E-state index contributed by atoms with van der Waals surface area (Å²) in [7, 11) is 0. The Morgan fingerprint density at radius 1 is 1.37 bits per heavy atom. The van der Waals surface area contributed by atoms with Crippen LogP contribution in [0.4, 0.5) is 4.79 Å². The number of amides is 3. The lowest BCUT2D eigenvalue weighted by molar-refractivity contribution is -0.125. The summed E-state index contributed by atoms with van der Waals surface area (Å²) in [6.45, 7) is 6.72. The smallest absolute Gasteiger partial charge is 0.330 e. The summed E-state index contributed by atoms with van der Waals surface area (Å²) in [6.07, 6.45) is 0.721. The van der Waals surface area contributed by atoms with Gasteiger partial charge >= 0.3 is 6.03 Å². The van der Waals surface area contributed by atoms with E-state index in [-0.39, 0.29) is 24.0 Å². The molecular formula is C19H21N5O3. The number of urea groups is 1. The summed E-state index contributed by atoms with van der Waals surface area (Å²) < 4.78 is 6.25. The van der Waals surface area contributed by atoms with Crippen molar-refractivity contribution in [3.05, 3.63) is 48.7 Å². The Bertz CT molecular complexity index is 915. The molecule has 1 aromatic heterocycles. The molecule has 0 bridgehead atoms. The zero-order valence-electron chi connectivity index (χ0n) is 14.9. The second-order valence-corrected chi connectivity index (χ2v) is 6.83. The lowest BCUT2D eigenvalue weighted by atomic mass is 10.1. The van der Waals surface area contributed by atoms with Crippen LogP contribution in [0.3, 0.4) is 0 Å². The molecule has 2 fully saturated rings. The number of carbonyl (C=O) groups excluding carboxylic acids is 2. The van der Waals surface area contributed by atoms with E-state index in [1.165, 1.54) is 6.08 Å². The number of ether oxygens (including phenoxy) is 1. The minimum absolute atomic E-state index is 0.0940. The third-order valence-electron chi connectivity index (χ3n) is 4.92. The molecule has 1 unspecified atom stereocenters. The lowest BCUT2D eigenvalue weighted by Crippen LogP contribution is -2.30. The van der Waals surface area contributed by atoms with Crippen molar-refractivity contribution >= 4 is 22.7 Å². The maximum Gasteiger partial charge on any atom is 0.330 e. The number of carbonyl (C=O) groups is 2. The quantitative estimate of drug-likeness (QED) is 0.711. The molecule has 27 heavy (non-hydrogen) atoms. The number of rotatable bonds is 4. The monoisotopic (exact) mass is 367 g/mol. The van der Waals surface area contributed by atoms with Gasteiger partial charge in [-0.05, 0) is 23.6 Å². The number of benzene rings is 1. The number of hydrazine groups is 1. The number of nitrogens with zero attached hydrogens (tertiary/aromatic N) is 2. The highest BCUT2D eigenvalue weighted by Gasteiger charge is 2.34. The molecule has 3 N–H and O–H groups in total. The Morgan fingerprint density at radius 3 is 2.93 bits per heavy atom. The molecule has 2 aliphatic heterocycles. The Balaban J connectivity index is 1.65. The van der Waals surface area contributed by atoms with E-state index in [0.717, 1.165) is 10.8 Å². The van der Waals surface area contributed by atoms with Gasteiger partial charge in [-0.2, -0.15) is 0 Å². The third kappa shape index (κ3) is 3.31. The molecule has 3 atom stereocenters. The first-order valence-electron chi connectivity index (χ1n) is 8.85. The van der Waals surface area contributed by atoms with Crippen molar-refractivity contribution in [2.24, 2.45) is 5.92 Å². The van der Waals surface area contributed by atoms with Crippen LogP contribution in [0.2, 0.25) is 0 Å². The fourth-order valence-corrected chi connectivity index (χ4v) is 3.46. The molecule has 0 saturated carbocycles. The number of fused-ring (bicyclic) bond motifs is 1. The van der Waals surface area contributed by atoms with E-state index < -0.39 is 6.17 Å². The normalized spacial score (nSPS) is 24.6. The molecule has 8 nitrogen and oxygen atoms in total. The third-order valence-corrected chi connectivity index (χ3v) is 4.92. The molecule has 2 aromatic rings. The largest absolute Gasteiger partial charge is 0.472 e. The highest BCUT2D eigenvalue weighted by atomic mass is 16.5. The SMILES string of the molecule is C=CC(=O)N1C[C@H](Oc2nc(C3NNC(=O)N3)cc3ccccc23)[C@@H](C)C1. The first kappa shape index (κ1) is 17.3. The van der Waals surface area contributed by atoms with Gasteiger partial charge in [-0.3, -0.25) is 10.2 Å². The Kier molecular flexibility index (Phi) is 4.41. The summed E-state index contributed by atoms with van der Waals surface area (Å²) in [5.74, 6) is 0.573. The second kappa shape index (κ2) is 6.88. The Morgan fingerprint density at radius 2 is 2.19 bits per heavy atom. The molecular weight excluding hydrogens is 346 g/mol. The molecule has 1 aromatic carbocycles. The molecule has 0 radical (unpaired) electrons. The summed E-state index contributed by atoms with van der Waals surface area (Å²) >= 11 is 0. The number of nitrogens with one attached hydrogen (secondary N) is 3. The van der Waals surface area contributed by atoms with E-state index in [4.69, 9.17) is 4.74 Å². The summed E-state index contributed by atoms with van der Waals surface area (Å²) in [6, 6.07) is 9.41. The van der Waals surface area contributed by atoms with E-state index in [2.05, 4.69) is 34.7 Å². The zero-order valence-corrected chi connectivity index (χ0v) is 14.9. The molecule has 3 amide bonds. The standard InChI is InChI=1S/C19H21N5O3/c1-3-16(25)24-9-11(2)15(10-24)27-18-13-7-5-4-6-12(13)8-14(20-18)17-21-19(26)23-22-17/h3-8,11,15,17,22H,1,9-10H2,2H3,(H2,21,23,26)/t11-,15-,17?/m0/s1. The van der Waals surface area contributed by atoms with Gasteiger partial charge in [-0.25, -0.2) is 15.2 Å². The second-order valence-electron chi connectivity index (χ2n) is 6.83. The number of likely N-dealkylation sites (tertiary alicyclic amines) is 1. The first-order valence-corrected chi connectivity index (χ1v) is 8.85. The topological polar surface area (TPSA) is 95.6 Å². The van der Waals surface area contributed by atoms with Crippen LogP contribution in [0.15, 0.2) is 43.0 Å². The summed E-state index contributed by atoms with van der Waals surface area (Å²) in [5.41, 5.74) is 6.01. The minimum Gasteiger partial charge on any atom is -0.472 e. The van der Waals surface area contributed by atoms with Gasteiger partial charge in [0.05, 0.1) is 12.2 Å². The lowest BCUT2D eigenvalue weighted by Gasteiger charge is -2.19. The zero-order chi connectivity index (χ0) is 19.0. The van der Waals surface area contributed by atoms with Crippen LogP contribution >= 0.6 is 0 Å². The van der Waals surface area contributed by atoms with Crippen molar-refractivity contribution in [3.8, 4) is 5.88 Å². The maximum absolute atomic E-state index is 11.9. The summed E-state index contributed by atoms with van der Waals surface area (Å²) in [5, 5.41) is 4.60. The molecule has 4 rings (SSSR count). The molecule has 8 heteroatoms. The van der Waals surface area contributed by atoms with Crippen LogP contribution in [0.1, 0.15) is 18.8 Å². The van der Waals surface area contributed by atoms with Gasteiger partial charge in [-0.1, -0.05) is 31.7 Å². The molecule has 140 valence electrons. The highest BCUT2D eigenvalue weighted by Crippen LogP contribution is 2.30. The summed E-state index contributed by atoms with van der Waals surface area (Å²) in [4.78, 5) is 29.7. The fourth-order valence-electron chi connectivity index (χ4n) is 3.46. The van der Waals surface area contributed by atoms with Crippen LogP contribution in [-0.4, -0.2) is 41.0 Å².